The molecule has 96 valence electrons. The third-order valence-corrected chi connectivity index (χ3v) is 3.01. The lowest BCUT2D eigenvalue weighted by Gasteiger charge is -2.09. The first-order valence-electron chi connectivity index (χ1n) is 5.05. The van der Waals surface area contributed by atoms with Gasteiger partial charge in [0, 0.05) is 5.33 Å². The maximum atomic E-state index is 12.3. The van der Waals surface area contributed by atoms with Gasteiger partial charge < -0.3 is 9.72 Å². The molecule has 0 saturated carbocycles. The zero-order chi connectivity index (χ0) is 13.3. The quantitative estimate of drug-likeness (QED) is 0.885. The average molecular weight is 319 g/mol. The highest BCUT2D eigenvalue weighted by atomic mass is 79.9. The minimum absolute atomic E-state index is 0.0451. The molecule has 2 aromatic rings. The van der Waals surface area contributed by atoms with Gasteiger partial charge in [0.15, 0.2) is 5.75 Å². The van der Waals surface area contributed by atoms with Crippen molar-refractivity contribution in [1.82, 2.24) is 9.97 Å². The van der Waals surface area contributed by atoms with Crippen LogP contribution in [0.25, 0.3) is 11.0 Å². The van der Waals surface area contributed by atoms with E-state index in [1.165, 1.54) is 13.0 Å². The van der Waals surface area contributed by atoms with Gasteiger partial charge in [0.1, 0.15) is 11.2 Å². The summed E-state index contributed by atoms with van der Waals surface area (Å²) < 4.78 is 29.1. The maximum Gasteiger partial charge on any atom is 0.387 e. The molecule has 0 atom stereocenters. The Labute approximate surface area is 109 Å². The molecule has 0 aliphatic carbocycles. The van der Waals surface area contributed by atoms with E-state index in [-0.39, 0.29) is 22.5 Å². The van der Waals surface area contributed by atoms with Gasteiger partial charge in [-0.05, 0) is 24.6 Å². The van der Waals surface area contributed by atoms with Crippen LogP contribution in [-0.2, 0) is 5.33 Å². The molecule has 4 nitrogen and oxygen atoms in total. The minimum atomic E-state index is -2.94. The number of aromatic amines is 1. The molecule has 1 N–H and O–H groups in total. The molecular formula is C11H9BrF2N2O2. The number of alkyl halides is 3. The molecule has 0 saturated heterocycles. The number of aromatic nitrogens is 2. The Morgan fingerprint density at radius 1 is 1.50 bits per heavy atom. The molecule has 2 rings (SSSR count). The van der Waals surface area contributed by atoms with Gasteiger partial charge in [-0.25, -0.2) is 4.98 Å². The van der Waals surface area contributed by atoms with E-state index in [0.717, 1.165) is 0 Å². The Bertz CT molecular complexity index is 643. The molecule has 0 spiro atoms. The van der Waals surface area contributed by atoms with Crippen molar-refractivity contribution in [3.05, 3.63) is 33.7 Å². The number of nitrogens with zero attached hydrogens (tertiary/aromatic N) is 1. The molecule has 18 heavy (non-hydrogen) atoms. The van der Waals surface area contributed by atoms with Gasteiger partial charge >= 0.3 is 6.61 Å². The predicted molar refractivity (Wildman–Crippen MR) is 66.4 cm³/mol. The standard InChI is InChI=1S/C11H9BrF2N2O2/c1-5-10(17)16-7-2-6(4-12)3-8(9(7)15-5)18-11(13)14/h2-3,11H,4H2,1H3,(H,16,17). The van der Waals surface area contributed by atoms with Crippen molar-refractivity contribution in [2.45, 2.75) is 18.9 Å². The second-order valence-electron chi connectivity index (χ2n) is 3.65. The highest BCUT2D eigenvalue weighted by Crippen LogP contribution is 2.26. The molecule has 0 radical (unpaired) electrons. The van der Waals surface area contributed by atoms with Crippen LogP contribution in [0, 0.1) is 6.92 Å². The van der Waals surface area contributed by atoms with Crippen molar-refractivity contribution < 1.29 is 13.5 Å². The molecule has 1 aromatic heterocycles. The summed E-state index contributed by atoms with van der Waals surface area (Å²) in [4.78, 5) is 18.0. The van der Waals surface area contributed by atoms with Crippen molar-refractivity contribution >= 4 is 27.0 Å². The number of rotatable bonds is 3. The van der Waals surface area contributed by atoms with Crippen molar-refractivity contribution in [2.75, 3.05) is 0 Å². The Morgan fingerprint density at radius 2 is 2.22 bits per heavy atom. The third-order valence-electron chi connectivity index (χ3n) is 2.36. The van der Waals surface area contributed by atoms with Crippen molar-refractivity contribution in [3.63, 3.8) is 0 Å². The number of aryl methyl sites for hydroxylation is 1. The lowest BCUT2D eigenvalue weighted by atomic mass is 10.2. The lowest BCUT2D eigenvalue weighted by Crippen LogP contribution is -2.13. The van der Waals surface area contributed by atoms with Crippen LogP contribution in [0.2, 0.25) is 0 Å². The van der Waals surface area contributed by atoms with Gasteiger partial charge in [-0.3, -0.25) is 4.79 Å². The number of hydrogen-bond donors (Lipinski definition) is 1. The fourth-order valence-electron chi connectivity index (χ4n) is 1.57. The van der Waals surface area contributed by atoms with Crippen LogP contribution in [0.4, 0.5) is 8.78 Å². The lowest BCUT2D eigenvalue weighted by molar-refractivity contribution is -0.0489. The fraction of sp³-hybridized carbons (Fsp3) is 0.273. The molecule has 0 bridgehead atoms. The van der Waals surface area contributed by atoms with E-state index < -0.39 is 6.61 Å². The zero-order valence-electron chi connectivity index (χ0n) is 9.34. The fourth-order valence-corrected chi connectivity index (χ4v) is 1.89. The minimum Gasteiger partial charge on any atom is -0.432 e. The summed E-state index contributed by atoms with van der Waals surface area (Å²) in [5, 5.41) is 0.457. The molecular weight excluding hydrogens is 310 g/mol. The first-order chi connectivity index (χ1) is 8.51. The van der Waals surface area contributed by atoms with Crippen LogP contribution in [-0.4, -0.2) is 16.6 Å². The topological polar surface area (TPSA) is 55.0 Å². The number of fused-ring (bicyclic) bond motifs is 1. The normalized spacial score (nSPS) is 11.2. The van der Waals surface area contributed by atoms with Crippen molar-refractivity contribution in [3.8, 4) is 5.75 Å². The Morgan fingerprint density at radius 3 is 2.83 bits per heavy atom. The summed E-state index contributed by atoms with van der Waals surface area (Å²) in [6.07, 6.45) is 0. The number of halogens is 3. The van der Waals surface area contributed by atoms with Crippen molar-refractivity contribution in [1.29, 1.82) is 0 Å². The predicted octanol–water partition coefficient (Wildman–Crippen LogP) is 2.73. The molecule has 1 aromatic carbocycles. The first kappa shape index (κ1) is 12.9. The monoisotopic (exact) mass is 318 g/mol. The Balaban J connectivity index is 2.72. The summed E-state index contributed by atoms with van der Waals surface area (Å²) in [5.41, 5.74) is 1.15. The highest BCUT2D eigenvalue weighted by Gasteiger charge is 2.13. The van der Waals surface area contributed by atoms with Crippen LogP contribution in [0.5, 0.6) is 5.75 Å². The second kappa shape index (κ2) is 5.01. The largest absolute Gasteiger partial charge is 0.432 e. The van der Waals surface area contributed by atoms with E-state index in [0.29, 0.717) is 16.4 Å². The second-order valence-corrected chi connectivity index (χ2v) is 4.21. The number of ether oxygens (including phenoxy) is 1. The summed E-state index contributed by atoms with van der Waals surface area (Å²) in [5.74, 6) is -0.0451. The van der Waals surface area contributed by atoms with Gasteiger partial charge in [-0.15, -0.1) is 0 Å². The number of H-pyrrole nitrogens is 1. The van der Waals surface area contributed by atoms with E-state index in [2.05, 4.69) is 30.6 Å². The molecule has 1 heterocycles. The maximum absolute atomic E-state index is 12.3. The van der Waals surface area contributed by atoms with Crippen LogP contribution in [0.3, 0.4) is 0 Å². The smallest absolute Gasteiger partial charge is 0.387 e. The molecule has 0 unspecified atom stereocenters. The third kappa shape index (κ3) is 2.50. The number of benzene rings is 1. The van der Waals surface area contributed by atoms with Crippen LogP contribution < -0.4 is 10.3 Å². The van der Waals surface area contributed by atoms with E-state index >= 15 is 0 Å². The zero-order valence-corrected chi connectivity index (χ0v) is 10.9. The van der Waals surface area contributed by atoms with E-state index in [1.54, 1.807) is 6.07 Å². The highest BCUT2D eigenvalue weighted by molar-refractivity contribution is 9.08. The van der Waals surface area contributed by atoms with Gasteiger partial charge in [0.25, 0.3) is 5.56 Å². The number of nitrogens with one attached hydrogen (secondary N) is 1. The van der Waals surface area contributed by atoms with E-state index in [9.17, 15) is 13.6 Å². The van der Waals surface area contributed by atoms with Crippen LogP contribution in [0.15, 0.2) is 16.9 Å². The van der Waals surface area contributed by atoms with Gasteiger partial charge in [0.2, 0.25) is 0 Å². The summed E-state index contributed by atoms with van der Waals surface area (Å²) in [6, 6.07) is 3.13. The average Bonchev–Trinajstić information content (AvgIpc) is 2.30. The molecule has 0 amide bonds. The first-order valence-corrected chi connectivity index (χ1v) is 6.17. The van der Waals surface area contributed by atoms with Crippen molar-refractivity contribution in [2.24, 2.45) is 0 Å². The van der Waals surface area contributed by atoms with Gasteiger partial charge in [0.05, 0.1) is 5.52 Å². The molecule has 0 aliphatic heterocycles. The van der Waals surface area contributed by atoms with Gasteiger partial charge in [-0.2, -0.15) is 8.78 Å². The van der Waals surface area contributed by atoms with E-state index in [1.807, 2.05) is 0 Å². The SMILES string of the molecule is Cc1nc2c(OC(F)F)cc(CBr)cc2[nH]c1=O. The van der Waals surface area contributed by atoms with Gasteiger partial charge in [-0.1, -0.05) is 15.9 Å². The van der Waals surface area contributed by atoms with Crippen LogP contribution in [0.1, 0.15) is 11.3 Å². The molecule has 7 heteroatoms. The Hall–Kier alpha value is -1.50. The summed E-state index contributed by atoms with van der Waals surface area (Å²) in [6.45, 7) is -1.43. The molecule has 0 fully saturated rings. The summed E-state index contributed by atoms with van der Waals surface area (Å²) >= 11 is 3.22. The molecule has 0 aliphatic rings. The van der Waals surface area contributed by atoms with E-state index in [4.69, 9.17) is 0 Å². The Kier molecular flexibility index (Phi) is 3.60. The number of hydrogen-bond acceptors (Lipinski definition) is 3. The van der Waals surface area contributed by atoms with Crippen LogP contribution >= 0.6 is 15.9 Å². The summed E-state index contributed by atoms with van der Waals surface area (Å²) in [7, 11) is 0.